The number of halogens is 1. The first kappa shape index (κ1) is 28.3. The number of fused-ring (bicyclic) bond motifs is 4. The highest BCUT2D eigenvalue weighted by molar-refractivity contribution is 9.10. The Hall–Kier alpha value is -4.78. The molecule has 2 aromatic carbocycles. The first-order valence-electron chi connectivity index (χ1n) is 13.8. The van der Waals surface area contributed by atoms with Crippen LogP contribution in [0.3, 0.4) is 0 Å². The second-order valence-corrected chi connectivity index (χ2v) is 11.2. The number of hydrogen-bond donors (Lipinski definition) is 3. The van der Waals surface area contributed by atoms with Crippen molar-refractivity contribution in [2.75, 3.05) is 36.2 Å². The van der Waals surface area contributed by atoms with Crippen LogP contribution in [0.25, 0.3) is 22.2 Å². The summed E-state index contributed by atoms with van der Waals surface area (Å²) in [6, 6.07) is 8.01. The zero-order valence-corrected chi connectivity index (χ0v) is 26.0. The third kappa shape index (κ3) is 5.20. The number of anilines is 5. The lowest BCUT2D eigenvalue weighted by Gasteiger charge is -2.30. The molecule has 0 atom stereocenters. The number of ether oxygens (including phenoxy) is 1. The van der Waals surface area contributed by atoms with E-state index in [-0.39, 0.29) is 5.91 Å². The van der Waals surface area contributed by atoms with Crippen LogP contribution in [0.15, 0.2) is 53.5 Å². The molecule has 3 N–H and O–H groups in total. The zero-order chi connectivity index (χ0) is 30.2. The maximum absolute atomic E-state index is 12.9. The Morgan fingerprint density at radius 2 is 1.86 bits per heavy atom. The lowest BCUT2D eigenvalue weighted by Crippen LogP contribution is -2.32. The molecule has 1 amide bonds. The summed E-state index contributed by atoms with van der Waals surface area (Å²) in [6.45, 7) is 5.26. The average Bonchev–Trinajstić information content (AvgIpc) is 3.29. The number of rotatable bonds is 7. The van der Waals surface area contributed by atoms with E-state index in [0.29, 0.717) is 56.0 Å². The Balaban J connectivity index is 1.40. The van der Waals surface area contributed by atoms with Crippen LogP contribution >= 0.6 is 15.9 Å². The molecule has 0 spiro atoms. The van der Waals surface area contributed by atoms with Crippen molar-refractivity contribution >= 4 is 61.7 Å². The smallest absolute Gasteiger partial charge is 0.255 e. The standard InChI is InChI=1S/C30H31BrN10O2/c1-16(2)41-11-8-23-18(14-36-40(23)4)17-12-22(25(43-5)13-24(17)41)38-30-35-15-19(31)28(39-30)37-20-6-7-21-27(34-10-9-33-21)26(20)29(42)32-3/h6-7,9-10,12-16H,8,11H2,1-5H3,(H,32,42)(H2,35,37,38,39). The van der Waals surface area contributed by atoms with Gasteiger partial charge in [-0.05, 0) is 48.0 Å². The second-order valence-electron chi connectivity index (χ2n) is 10.4. The van der Waals surface area contributed by atoms with Crippen LogP contribution in [0, 0.1) is 0 Å². The molecule has 4 heterocycles. The Labute approximate surface area is 257 Å². The summed E-state index contributed by atoms with van der Waals surface area (Å²) in [5.74, 6) is 1.16. The molecular weight excluding hydrogens is 612 g/mol. The third-order valence-electron chi connectivity index (χ3n) is 7.53. The van der Waals surface area contributed by atoms with E-state index in [4.69, 9.17) is 9.72 Å². The molecular formula is C30H31BrN10O2. The van der Waals surface area contributed by atoms with Crippen molar-refractivity contribution in [3.05, 3.63) is 64.8 Å². The molecule has 12 nitrogen and oxygen atoms in total. The molecule has 0 bridgehead atoms. The Morgan fingerprint density at radius 1 is 1.05 bits per heavy atom. The van der Waals surface area contributed by atoms with Gasteiger partial charge in [-0.1, -0.05) is 0 Å². The number of nitrogens with zero attached hydrogens (tertiary/aromatic N) is 7. The maximum atomic E-state index is 12.9. The van der Waals surface area contributed by atoms with E-state index in [1.165, 1.54) is 5.69 Å². The number of carbonyl (C=O) groups excluding carboxylic acids is 1. The van der Waals surface area contributed by atoms with Crippen LogP contribution in [-0.2, 0) is 13.5 Å². The molecule has 0 radical (unpaired) electrons. The quantitative estimate of drug-likeness (QED) is 0.217. The summed E-state index contributed by atoms with van der Waals surface area (Å²) in [4.78, 5) is 33.3. The van der Waals surface area contributed by atoms with Gasteiger partial charge >= 0.3 is 0 Å². The highest BCUT2D eigenvalue weighted by Crippen LogP contribution is 2.43. The summed E-state index contributed by atoms with van der Waals surface area (Å²) < 4.78 is 8.40. The minimum absolute atomic E-state index is 0.294. The highest BCUT2D eigenvalue weighted by Gasteiger charge is 2.26. The van der Waals surface area contributed by atoms with Crippen LogP contribution in [-0.4, -0.2) is 62.4 Å². The van der Waals surface area contributed by atoms with E-state index >= 15 is 0 Å². The Kier molecular flexibility index (Phi) is 7.57. The Bertz CT molecular complexity index is 1860. The number of aromatic nitrogens is 6. The normalized spacial score (nSPS) is 12.5. The molecule has 0 unspecified atom stereocenters. The van der Waals surface area contributed by atoms with E-state index < -0.39 is 0 Å². The number of aryl methyl sites for hydroxylation is 1. The van der Waals surface area contributed by atoms with Crippen molar-refractivity contribution < 1.29 is 9.53 Å². The summed E-state index contributed by atoms with van der Waals surface area (Å²) in [7, 11) is 5.21. The van der Waals surface area contributed by atoms with E-state index in [0.717, 1.165) is 29.8 Å². The first-order valence-corrected chi connectivity index (χ1v) is 14.6. The van der Waals surface area contributed by atoms with Crippen LogP contribution in [0.2, 0.25) is 0 Å². The molecule has 0 fully saturated rings. The summed E-state index contributed by atoms with van der Waals surface area (Å²) in [6.07, 6.45) is 7.60. The second kappa shape index (κ2) is 11.5. The minimum Gasteiger partial charge on any atom is -0.494 e. The van der Waals surface area contributed by atoms with Gasteiger partial charge in [-0.25, -0.2) is 4.98 Å². The fourth-order valence-electron chi connectivity index (χ4n) is 5.42. The van der Waals surface area contributed by atoms with E-state index in [9.17, 15) is 4.79 Å². The molecule has 0 saturated carbocycles. The van der Waals surface area contributed by atoms with Crippen molar-refractivity contribution in [1.82, 2.24) is 35.0 Å². The molecule has 13 heteroatoms. The molecule has 6 rings (SSSR count). The predicted molar refractivity (Wildman–Crippen MR) is 171 cm³/mol. The number of benzene rings is 2. The molecule has 0 aliphatic carbocycles. The highest BCUT2D eigenvalue weighted by atomic mass is 79.9. The molecule has 43 heavy (non-hydrogen) atoms. The number of amides is 1. The van der Waals surface area contributed by atoms with E-state index in [1.54, 1.807) is 44.9 Å². The number of methoxy groups -OCH3 is 1. The molecule has 1 aliphatic heterocycles. The summed E-state index contributed by atoms with van der Waals surface area (Å²) >= 11 is 3.55. The van der Waals surface area contributed by atoms with Gasteiger partial charge in [0.15, 0.2) is 0 Å². The lowest BCUT2D eigenvalue weighted by atomic mass is 10.0. The van der Waals surface area contributed by atoms with E-state index in [2.05, 4.69) is 82.8 Å². The van der Waals surface area contributed by atoms with Crippen molar-refractivity contribution in [3.63, 3.8) is 0 Å². The van der Waals surface area contributed by atoms with Gasteiger partial charge in [-0.15, -0.1) is 0 Å². The van der Waals surface area contributed by atoms with Gasteiger partial charge in [0, 0.05) is 80.3 Å². The molecule has 5 aromatic rings. The molecule has 0 saturated heterocycles. The summed E-state index contributed by atoms with van der Waals surface area (Å²) in [5.41, 5.74) is 7.10. The van der Waals surface area contributed by atoms with Gasteiger partial charge < -0.3 is 25.6 Å². The fraction of sp³-hybridized carbons (Fsp3) is 0.267. The number of hydrogen-bond acceptors (Lipinski definition) is 10. The van der Waals surface area contributed by atoms with Gasteiger partial charge in [0.1, 0.15) is 17.1 Å². The van der Waals surface area contributed by atoms with Gasteiger partial charge in [0.2, 0.25) is 5.95 Å². The van der Waals surface area contributed by atoms with Crippen molar-refractivity contribution in [2.45, 2.75) is 26.3 Å². The monoisotopic (exact) mass is 642 g/mol. The van der Waals surface area contributed by atoms with Crippen molar-refractivity contribution in [2.24, 2.45) is 7.05 Å². The molecule has 3 aromatic heterocycles. The largest absolute Gasteiger partial charge is 0.494 e. The van der Waals surface area contributed by atoms with E-state index in [1.807, 2.05) is 17.9 Å². The summed E-state index contributed by atoms with van der Waals surface area (Å²) in [5, 5.41) is 13.9. The van der Waals surface area contributed by atoms with Gasteiger partial charge in [0.05, 0.1) is 40.2 Å². The number of nitrogens with one attached hydrogen (secondary N) is 3. The topological polar surface area (TPSA) is 135 Å². The van der Waals surface area contributed by atoms with Gasteiger partial charge in [0.25, 0.3) is 5.91 Å². The fourth-order valence-corrected chi connectivity index (χ4v) is 5.71. The van der Waals surface area contributed by atoms with Crippen molar-refractivity contribution in [1.29, 1.82) is 0 Å². The first-order chi connectivity index (χ1) is 20.8. The molecule has 220 valence electrons. The lowest BCUT2D eigenvalue weighted by molar-refractivity contribution is 0.0965. The third-order valence-corrected chi connectivity index (χ3v) is 8.11. The Morgan fingerprint density at radius 3 is 2.63 bits per heavy atom. The number of carbonyl (C=O) groups is 1. The van der Waals surface area contributed by atoms with Crippen LogP contribution < -0.4 is 25.6 Å². The predicted octanol–water partition coefficient (Wildman–Crippen LogP) is 5.21. The zero-order valence-electron chi connectivity index (χ0n) is 24.4. The van der Waals surface area contributed by atoms with Crippen LogP contribution in [0.4, 0.5) is 28.8 Å². The average molecular weight is 644 g/mol. The molecule has 1 aliphatic rings. The van der Waals surface area contributed by atoms with Gasteiger partial charge in [-0.3, -0.25) is 19.4 Å². The van der Waals surface area contributed by atoms with Crippen molar-refractivity contribution in [3.8, 4) is 16.9 Å². The van der Waals surface area contributed by atoms with Gasteiger partial charge in [-0.2, -0.15) is 10.1 Å². The minimum atomic E-state index is -0.294. The maximum Gasteiger partial charge on any atom is 0.255 e. The van der Waals surface area contributed by atoms with Crippen LogP contribution in [0.5, 0.6) is 5.75 Å². The SMILES string of the molecule is CNC(=O)c1c(Nc2nc(Nc3cc4c(cc3OC)N(C(C)C)CCc3c-4cnn3C)ncc2Br)ccc2nccnc12. The van der Waals surface area contributed by atoms with Crippen LogP contribution in [0.1, 0.15) is 29.9 Å².